The molecule has 2 nitrogen and oxygen atoms in total. The fourth-order valence-corrected chi connectivity index (χ4v) is 0.923. The third-order valence-electron chi connectivity index (χ3n) is 1.41. The zero-order valence-corrected chi connectivity index (χ0v) is 8.94. The van der Waals surface area contributed by atoms with Crippen LogP contribution in [0.15, 0.2) is 36.8 Å². The molecular weight excluding hydrogens is 172 g/mol. The lowest BCUT2D eigenvalue weighted by Crippen LogP contribution is -1.77. The Bertz CT molecular complexity index is 314. The van der Waals surface area contributed by atoms with Gasteiger partial charge in [-0.05, 0) is 12.0 Å². The summed E-state index contributed by atoms with van der Waals surface area (Å²) in [5.41, 5.74) is 0.998. The number of hydrogen-bond donors (Lipinski definition) is 0. The second-order valence-corrected chi connectivity index (χ2v) is 3.81. The quantitative estimate of drug-likeness (QED) is 0.634. The lowest BCUT2D eigenvalue weighted by atomic mass is 10.2. The summed E-state index contributed by atoms with van der Waals surface area (Å²) in [6.07, 6.45) is 3.37. The monoisotopic (exact) mass is 188 g/mol. The molecule has 14 heavy (non-hydrogen) atoms. The molecule has 1 aromatic heterocycles. The van der Waals surface area contributed by atoms with E-state index in [9.17, 15) is 0 Å². The Hall–Kier alpha value is -1.44. The van der Waals surface area contributed by atoms with Gasteiger partial charge in [0, 0.05) is 11.6 Å². The number of benzene rings is 1. The first kappa shape index (κ1) is 10.6. The first-order chi connectivity index (χ1) is 6.70. The van der Waals surface area contributed by atoms with Crippen molar-refractivity contribution in [1.82, 2.24) is 9.97 Å². The predicted octanol–water partition coefficient (Wildman–Crippen LogP) is 3.29. The summed E-state index contributed by atoms with van der Waals surface area (Å²) < 4.78 is 0. The van der Waals surface area contributed by atoms with E-state index in [2.05, 4.69) is 30.7 Å². The van der Waals surface area contributed by atoms with E-state index in [1.54, 1.807) is 6.33 Å². The largest absolute Gasteiger partial charge is 0.244 e. The molecule has 2 aromatic rings. The van der Waals surface area contributed by atoms with Crippen LogP contribution < -0.4 is 0 Å². The van der Waals surface area contributed by atoms with Gasteiger partial charge in [-0.3, -0.25) is 0 Å². The SMILES string of the molecule is CC(C)C.c1ccc2ncncc2c1. The summed E-state index contributed by atoms with van der Waals surface area (Å²) in [6.45, 7) is 6.50. The molecule has 0 bridgehead atoms. The number of rotatable bonds is 0. The zero-order valence-electron chi connectivity index (χ0n) is 8.94. The number of para-hydroxylation sites is 1. The standard InChI is InChI=1S/C8H6N2.C4H10/c1-2-4-8-7(3-1)5-9-6-10-8;1-4(2)3/h1-6H;4H,1-3H3. The van der Waals surface area contributed by atoms with Crippen molar-refractivity contribution in [2.75, 3.05) is 0 Å². The third kappa shape index (κ3) is 3.52. The normalized spacial score (nSPS) is 9.71. The van der Waals surface area contributed by atoms with E-state index < -0.39 is 0 Å². The second-order valence-electron chi connectivity index (χ2n) is 3.81. The van der Waals surface area contributed by atoms with Gasteiger partial charge in [-0.25, -0.2) is 9.97 Å². The Balaban J connectivity index is 0.000000213. The second kappa shape index (κ2) is 5.32. The highest BCUT2D eigenvalue weighted by molar-refractivity contribution is 5.76. The Kier molecular flexibility index (Phi) is 4.05. The van der Waals surface area contributed by atoms with E-state index in [1.165, 1.54) is 0 Å². The molecule has 1 heterocycles. The number of fused-ring (bicyclic) bond motifs is 1. The fourth-order valence-electron chi connectivity index (χ4n) is 0.923. The summed E-state index contributed by atoms with van der Waals surface area (Å²) in [7, 11) is 0. The first-order valence-electron chi connectivity index (χ1n) is 4.85. The lowest BCUT2D eigenvalue weighted by molar-refractivity contribution is 0.737. The molecule has 0 atom stereocenters. The Morgan fingerprint density at radius 2 is 1.71 bits per heavy atom. The maximum Gasteiger partial charge on any atom is 0.116 e. The van der Waals surface area contributed by atoms with E-state index in [-0.39, 0.29) is 0 Å². The number of hydrogen-bond acceptors (Lipinski definition) is 2. The van der Waals surface area contributed by atoms with Gasteiger partial charge in [-0.15, -0.1) is 0 Å². The smallest absolute Gasteiger partial charge is 0.116 e. The van der Waals surface area contributed by atoms with Crippen LogP contribution >= 0.6 is 0 Å². The van der Waals surface area contributed by atoms with E-state index >= 15 is 0 Å². The molecular formula is C12H16N2. The maximum atomic E-state index is 4.07. The number of nitrogens with zero attached hydrogens (tertiary/aromatic N) is 2. The van der Waals surface area contributed by atoms with Gasteiger partial charge >= 0.3 is 0 Å². The molecule has 2 rings (SSSR count). The summed E-state index contributed by atoms with van der Waals surface area (Å²) in [5, 5.41) is 1.09. The minimum atomic E-state index is 0.833. The van der Waals surface area contributed by atoms with Crippen LogP contribution in [-0.2, 0) is 0 Å². The molecule has 1 aromatic carbocycles. The average Bonchev–Trinajstić information content (AvgIpc) is 2.17. The summed E-state index contributed by atoms with van der Waals surface area (Å²) in [4.78, 5) is 7.97. The Morgan fingerprint density at radius 3 is 2.36 bits per heavy atom. The van der Waals surface area contributed by atoms with Crippen LogP contribution in [0.2, 0.25) is 0 Å². The minimum absolute atomic E-state index is 0.833. The van der Waals surface area contributed by atoms with Crippen LogP contribution in [-0.4, -0.2) is 9.97 Å². The Morgan fingerprint density at radius 1 is 1.07 bits per heavy atom. The van der Waals surface area contributed by atoms with Crippen LogP contribution in [0, 0.1) is 5.92 Å². The van der Waals surface area contributed by atoms with Gasteiger partial charge in [0.05, 0.1) is 5.52 Å². The number of aromatic nitrogens is 2. The van der Waals surface area contributed by atoms with Gasteiger partial charge in [0.2, 0.25) is 0 Å². The molecule has 0 spiro atoms. The molecule has 0 saturated heterocycles. The van der Waals surface area contributed by atoms with Crippen molar-refractivity contribution in [2.24, 2.45) is 5.92 Å². The highest BCUT2D eigenvalue weighted by atomic mass is 14.8. The molecule has 0 saturated carbocycles. The van der Waals surface area contributed by atoms with E-state index in [0.717, 1.165) is 16.8 Å². The van der Waals surface area contributed by atoms with E-state index in [1.807, 2.05) is 30.5 Å². The van der Waals surface area contributed by atoms with Crippen molar-refractivity contribution in [3.05, 3.63) is 36.8 Å². The molecule has 0 radical (unpaired) electrons. The topological polar surface area (TPSA) is 25.8 Å². The van der Waals surface area contributed by atoms with E-state index in [0.29, 0.717) is 0 Å². The Labute approximate surface area is 85.0 Å². The van der Waals surface area contributed by atoms with Crippen LogP contribution in [0.3, 0.4) is 0 Å². The summed E-state index contributed by atoms with van der Waals surface area (Å²) in [5.74, 6) is 0.833. The zero-order chi connectivity index (χ0) is 10.4. The first-order valence-corrected chi connectivity index (χ1v) is 4.85. The van der Waals surface area contributed by atoms with Gasteiger partial charge in [0.15, 0.2) is 0 Å². The highest BCUT2D eigenvalue weighted by Crippen LogP contribution is 2.06. The molecule has 0 fully saturated rings. The van der Waals surface area contributed by atoms with Crippen molar-refractivity contribution in [1.29, 1.82) is 0 Å². The lowest BCUT2D eigenvalue weighted by Gasteiger charge is -1.90. The van der Waals surface area contributed by atoms with E-state index in [4.69, 9.17) is 0 Å². The molecule has 2 heteroatoms. The van der Waals surface area contributed by atoms with Crippen LogP contribution in [0.1, 0.15) is 20.8 Å². The molecule has 0 unspecified atom stereocenters. The van der Waals surface area contributed by atoms with Crippen LogP contribution in [0.5, 0.6) is 0 Å². The van der Waals surface area contributed by atoms with Gasteiger partial charge < -0.3 is 0 Å². The minimum Gasteiger partial charge on any atom is -0.244 e. The highest BCUT2D eigenvalue weighted by Gasteiger charge is 1.87. The average molecular weight is 188 g/mol. The van der Waals surface area contributed by atoms with Gasteiger partial charge in [-0.2, -0.15) is 0 Å². The predicted molar refractivity (Wildman–Crippen MR) is 60.1 cm³/mol. The van der Waals surface area contributed by atoms with Gasteiger partial charge in [0.25, 0.3) is 0 Å². The van der Waals surface area contributed by atoms with Gasteiger partial charge in [0.1, 0.15) is 6.33 Å². The molecule has 74 valence electrons. The third-order valence-corrected chi connectivity index (χ3v) is 1.41. The molecule has 0 N–H and O–H groups in total. The van der Waals surface area contributed by atoms with Crippen molar-refractivity contribution in [2.45, 2.75) is 20.8 Å². The van der Waals surface area contributed by atoms with Crippen LogP contribution in [0.25, 0.3) is 10.9 Å². The molecule has 0 aliphatic heterocycles. The fraction of sp³-hybridized carbons (Fsp3) is 0.333. The molecule has 0 aliphatic carbocycles. The van der Waals surface area contributed by atoms with Crippen molar-refractivity contribution < 1.29 is 0 Å². The summed E-state index contributed by atoms with van der Waals surface area (Å²) in [6, 6.07) is 7.91. The van der Waals surface area contributed by atoms with Gasteiger partial charge in [-0.1, -0.05) is 39.0 Å². The molecule has 0 aliphatic rings. The van der Waals surface area contributed by atoms with Crippen LogP contribution in [0.4, 0.5) is 0 Å². The maximum absolute atomic E-state index is 4.07. The van der Waals surface area contributed by atoms with Crippen molar-refractivity contribution >= 4 is 10.9 Å². The van der Waals surface area contributed by atoms with Crippen molar-refractivity contribution in [3.63, 3.8) is 0 Å². The summed E-state index contributed by atoms with van der Waals surface area (Å²) >= 11 is 0. The van der Waals surface area contributed by atoms with Crippen molar-refractivity contribution in [3.8, 4) is 0 Å². The molecule has 0 amide bonds.